The number of rotatable bonds is 2. The van der Waals surface area contributed by atoms with E-state index >= 15 is 0 Å². The van der Waals surface area contributed by atoms with Gasteiger partial charge in [-0.05, 0) is 24.3 Å². The normalized spacial score (nSPS) is 13.3. The molecule has 0 radical (unpaired) electrons. The van der Waals surface area contributed by atoms with E-state index in [9.17, 15) is 4.39 Å². The van der Waals surface area contributed by atoms with E-state index in [4.69, 9.17) is 5.11 Å². The maximum atomic E-state index is 13.0. The summed E-state index contributed by atoms with van der Waals surface area (Å²) in [6.07, 6.45) is 0. The van der Waals surface area contributed by atoms with Crippen molar-refractivity contribution in [2.24, 2.45) is 7.05 Å². The van der Waals surface area contributed by atoms with Gasteiger partial charge in [0, 0.05) is 24.0 Å². The Morgan fingerprint density at radius 2 is 2.13 bits per heavy atom. The fourth-order valence-corrected chi connectivity index (χ4v) is 1.89. The standard InChI is InChI=1S/C12H14FNO/c1-8(7-15)11-5-9-3-4-10(13)6-12(9)14(11)2/h3-6,8,15H,7H2,1-2H3. The molecule has 1 atom stereocenters. The highest BCUT2D eigenvalue weighted by Gasteiger charge is 2.11. The molecule has 80 valence electrons. The zero-order chi connectivity index (χ0) is 11.0. The van der Waals surface area contributed by atoms with E-state index in [0.29, 0.717) is 0 Å². The van der Waals surface area contributed by atoms with Crippen LogP contribution in [0.5, 0.6) is 0 Å². The van der Waals surface area contributed by atoms with Gasteiger partial charge in [0.15, 0.2) is 0 Å². The average molecular weight is 207 g/mol. The van der Waals surface area contributed by atoms with Crippen molar-refractivity contribution in [2.45, 2.75) is 12.8 Å². The molecule has 1 unspecified atom stereocenters. The van der Waals surface area contributed by atoms with Crippen molar-refractivity contribution >= 4 is 10.9 Å². The number of fused-ring (bicyclic) bond motifs is 1. The van der Waals surface area contributed by atoms with Gasteiger partial charge in [0.25, 0.3) is 0 Å². The molecule has 2 aromatic rings. The molecule has 2 rings (SSSR count). The number of hydrogen-bond donors (Lipinski definition) is 1. The summed E-state index contributed by atoms with van der Waals surface area (Å²) in [7, 11) is 1.89. The Hall–Kier alpha value is -1.35. The summed E-state index contributed by atoms with van der Waals surface area (Å²) in [6, 6.07) is 6.73. The minimum atomic E-state index is -0.230. The highest BCUT2D eigenvalue weighted by atomic mass is 19.1. The van der Waals surface area contributed by atoms with Crippen molar-refractivity contribution in [1.82, 2.24) is 4.57 Å². The first-order valence-electron chi connectivity index (χ1n) is 4.99. The number of aryl methyl sites for hydroxylation is 1. The van der Waals surface area contributed by atoms with E-state index in [1.165, 1.54) is 12.1 Å². The van der Waals surface area contributed by atoms with Crippen molar-refractivity contribution in [3.63, 3.8) is 0 Å². The molecular formula is C12H14FNO. The van der Waals surface area contributed by atoms with E-state index in [1.54, 1.807) is 6.07 Å². The quantitative estimate of drug-likeness (QED) is 0.803. The zero-order valence-electron chi connectivity index (χ0n) is 8.87. The molecule has 1 heterocycles. The number of aliphatic hydroxyl groups excluding tert-OH is 1. The first-order chi connectivity index (χ1) is 7.13. The van der Waals surface area contributed by atoms with Gasteiger partial charge in [-0.25, -0.2) is 4.39 Å². The lowest BCUT2D eigenvalue weighted by Crippen LogP contribution is -2.04. The second-order valence-electron chi connectivity index (χ2n) is 3.91. The van der Waals surface area contributed by atoms with Gasteiger partial charge in [-0.15, -0.1) is 0 Å². The van der Waals surface area contributed by atoms with E-state index in [2.05, 4.69) is 0 Å². The van der Waals surface area contributed by atoms with Crippen molar-refractivity contribution < 1.29 is 9.50 Å². The second kappa shape index (κ2) is 3.66. The SMILES string of the molecule is CC(CO)c1cc2ccc(F)cc2n1C. The Bertz CT molecular complexity index is 490. The summed E-state index contributed by atoms with van der Waals surface area (Å²) in [5.74, 6) is -0.155. The highest BCUT2D eigenvalue weighted by molar-refractivity contribution is 5.81. The molecule has 0 aliphatic heterocycles. The maximum absolute atomic E-state index is 13.0. The van der Waals surface area contributed by atoms with Crippen LogP contribution < -0.4 is 0 Å². The van der Waals surface area contributed by atoms with Crippen LogP contribution in [-0.2, 0) is 7.05 Å². The molecule has 1 aromatic heterocycles. The molecular weight excluding hydrogens is 193 g/mol. The number of hydrogen-bond acceptors (Lipinski definition) is 1. The Labute approximate surface area is 88.0 Å². The Balaban J connectivity index is 2.64. The van der Waals surface area contributed by atoms with E-state index in [-0.39, 0.29) is 18.3 Å². The van der Waals surface area contributed by atoms with E-state index in [1.807, 2.05) is 24.6 Å². The molecule has 0 aliphatic rings. The first-order valence-corrected chi connectivity index (χ1v) is 4.99. The van der Waals surface area contributed by atoms with Crippen molar-refractivity contribution in [3.05, 3.63) is 35.8 Å². The van der Waals surface area contributed by atoms with Gasteiger partial charge < -0.3 is 9.67 Å². The monoisotopic (exact) mass is 207 g/mol. The van der Waals surface area contributed by atoms with Crippen LogP contribution in [-0.4, -0.2) is 16.3 Å². The van der Waals surface area contributed by atoms with Crippen LogP contribution in [0.1, 0.15) is 18.5 Å². The van der Waals surface area contributed by atoms with Gasteiger partial charge in [0.1, 0.15) is 5.82 Å². The lowest BCUT2D eigenvalue weighted by atomic mass is 10.1. The first kappa shape index (κ1) is 10.2. The maximum Gasteiger partial charge on any atom is 0.125 e. The third-order valence-corrected chi connectivity index (χ3v) is 2.82. The molecule has 0 spiro atoms. The summed E-state index contributed by atoms with van der Waals surface area (Å²) in [6.45, 7) is 2.05. The largest absolute Gasteiger partial charge is 0.396 e. The van der Waals surface area contributed by atoms with Crippen molar-refractivity contribution in [2.75, 3.05) is 6.61 Å². The summed E-state index contributed by atoms with van der Waals surface area (Å²) in [4.78, 5) is 0. The molecule has 0 saturated heterocycles. The Kier molecular flexibility index (Phi) is 2.49. The van der Waals surface area contributed by atoms with E-state index < -0.39 is 0 Å². The Morgan fingerprint density at radius 1 is 1.40 bits per heavy atom. The van der Waals surface area contributed by atoms with Crippen LogP contribution >= 0.6 is 0 Å². The fraction of sp³-hybridized carbons (Fsp3) is 0.333. The summed E-state index contributed by atoms with van der Waals surface area (Å²) < 4.78 is 15.0. The molecule has 0 aliphatic carbocycles. The number of aromatic nitrogens is 1. The van der Waals surface area contributed by atoms with E-state index in [0.717, 1.165) is 16.6 Å². The summed E-state index contributed by atoms with van der Waals surface area (Å²) >= 11 is 0. The van der Waals surface area contributed by atoms with Crippen LogP contribution in [0.2, 0.25) is 0 Å². The predicted molar refractivity (Wildman–Crippen MR) is 58.4 cm³/mol. The van der Waals surface area contributed by atoms with Gasteiger partial charge in [0.05, 0.1) is 12.1 Å². The third-order valence-electron chi connectivity index (χ3n) is 2.82. The van der Waals surface area contributed by atoms with Gasteiger partial charge in [-0.1, -0.05) is 6.92 Å². The number of benzene rings is 1. The summed E-state index contributed by atoms with van der Waals surface area (Å²) in [5, 5.41) is 10.1. The van der Waals surface area contributed by atoms with Gasteiger partial charge >= 0.3 is 0 Å². The minimum Gasteiger partial charge on any atom is -0.396 e. The van der Waals surface area contributed by atoms with Gasteiger partial charge in [-0.3, -0.25) is 0 Å². The van der Waals surface area contributed by atoms with Crippen LogP contribution in [0.4, 0.5) is 4.39 Å². The summed E-state index contributed by atoms with van der Waals surface area (Å²) in [5.41, 5.74) is 1.89. The number of halogens is 1. The van der Waals surface area contributed by atoms with Crippen LogP contribution in [0, 0.1) is 5.82 Å². The Morgan fingerprint density at radius 3 is 2.80 bits per heavy atom. The highest BCUT2D eigenvalue weighted by Crippen LogP contribution is 2.24. The van der Waals surface area contributed by atoms with Crippen LogP contribution in [0.3, 0.4) is 0 Å². The molecule has 1 N–H and O–H groups in total. The van der Waals surface area contributed by atoms with Crippen LogP contribution in [0.25, 0.3) is 10.9 Å². The molecule has 0 saturated carbocycles. The van der Waals surface area contributed by atoms with Gasteiger partial charge in [-0.2, -0.15) is 0 Å². The molecule has 15 heavy (non-hydrogen) atoms. The topological polar surface area (TPSA) is 25.2 Å². The molecule has 0 fully saturated rings. The van der Waals surface area contributed by atoms with Crippen LogP contribution in [0.15, 0.2) is 24.3 Å². The minimum absolute atomic E-state index is 0.0745. The molecule has 0 bridgehead atoms. The van der Waals surface area contributed by atoms with Crippen molar-refractivity contribution in [3.8, 4) is 0 Å². The number of aliphatic hydroxyl groups is 1. The lowest BCUT2D eigenvalue weighted by molar-refractivity contribution is 0.269. The molecule has 3 heteroatoms. The lowest BCUT2D eigenvalue weighted by Gasteiger charge is -2.09. The van der Waals surface area contributed by atoms with Crippen molar-refractivity contribution in [1.29, 1.82) is 0 Å². The number of nitrogens with zero attached hydrogens (tertiary/aromatic N) is 1. The zero-order valence-corrected chi connectivity index (χ0v) is 8.87. The third kappa shape index (κ3) is 1.63. The molecule has 1 aromatic carbocycles. The second-order valence-corrected chi connectivity index (χ2v) is 3.91. The fourth-order valence-electron chi connectivity index (χ4n) is 1.89. The predicted octanol–water partition coefficient (Wildman–Crippen LogP) is 2.41. The molecule has 2 nitrogen and oxygen atoms in total. The average Bonchev–Trinajstić information content (AvgIpc) is 2.55. The van der Waals surface area contributed by atoms with Gasteiger partial charge in [0.2, 0.25) is 0 Å². The molecule has 0 amide bonds. The smallest absolute Gasteiger partial charge is 0.125 e.